The Morgan fingerprint density at radius 2 is 1.67 bits per heavy atom. The zero-order valence-corrected chi connectivity index (χ0v) is 24.1. The topological polar surface area (TPSA) is 87.7 Å². The molecule has 2 atom stereocenters. The van der Waals surface area contributed by atoms with Crippen molar-refractivity contribution >= 4 is 30.5 Å². The van der Waals surface area contributed by atoms with E-state index in [4.69, 9.17) is 4.74 Å². The first-order chi connectivity index (χ1) is 16.6. The number of rotatable bonds is 7. The van der Waals surface area contributed by atoms with Gasteiger partial charge in [0.05, 0.1) is 0 Å². The van der Waals surface area contributed by atoms with Crippen molar-refractivity contribution in [1.29, 1.82) is 0 Å². The third-order valence-electron chi connectivity index (χ3n) is 6.31. The Bertz CT molecular complexity index is 930. The summed E-state index contributed by atoms with van der Waals surface area (Å²) >= 11 is 4.36. The van der Waals surface area contributed by atoms with E-state index in [1.54, 1.807) is 25.7 Å². The average Bonchev–Trinajstić information content (AvgIpc) is 2.74. The number of alkyl carbamates (subject to hydrolysis) is 1. The molecule has 1 aromatic carbocycles. The highest BCUT2D eigenvalue weighted by atomic mass is 32.1. The molecule has 0 heterocycles. The Morgan fingerprint density at radius 1 is 1.06 bits per heavy atom. The minimum absolute atomic E-state index is 0.0640. The molecule has 1 aromatic rings. The number of nitrogens with one attached hydrogen (secondary N) is 2. The number of thiol groups is 1. The van der Waals surface area contributed by atoms with E-state index in [2.05, 4.69) is 23.3 Å². The van der Waals surface area contributed by atoms with Crippen molar-refractivity contribution in [3.8, 4) is 0 Å². The number of hydrogen-bond donors (Lipinski definition) is 3. The predicted molar refractivity (Wildman–Crippen MR) is 147 cm³/mol. The van der Waals surface area contributed by atoms with E-state index in [-0.39, 0.29) is 23.6 Å². The molecule has 1 saturated carbocycles. The molecule has 0 bridgehead atoms. The van der Waals surface area contributed by atoms with Gasteiger partial charge in [0.1, 0.15) is 17.7 Å². The monoisotopic (exact) mass is 519 g/mol. The van der Waals surface area contributed by atoms with Gasteiger partial charge in [-0.15, -0.1) is 0 Å². The van der Waals surface area contributed by atoms with Crippen LogP contribution in [-0.2, 0) is 14.3 Å². The van der Waals surface area contributed by atoms with Gasteiger partial charge in [0, 0.05) is 17.3 Å². The van der Waals surface area contributed by atoms with Gasteiger partial charge >= 0.3 is 6.09 Å². The van der Waals surface area contributed by atoms with E-state index in [0.29, 0.717) is 0 Å². The zero-order valence-electron chi connectivity index (χ0n) is 23.2. The molecule has 3 amide bonds. The SMILES string of the molecule is Cc1ccc(C(C(=O)NC2CCCCC2)N(C(=O)C(CS)NC(=O)OC(C)(C)C)C(C)(C)C)c(C)c1. The predicted octanol–water partition coefficient (Wildman–Crippen LogP) is 5.24. The minimum Gasteiger partial charge on any atom is -0.444 e. The maximum absolute atomic E-state index is 14.0. The maximum atomic E-state index is 14.0. The molecule has 202 valence electrons. The van der Waals surface area contributed by atoms with Crippen LogP contribution in [0.2, 0.25) is 0 Å². The first kappa shape index (κ1) is 30.0. The summed E-state index contributed by atoms with van der Waals surface area (Å²) in [6.07, 6.45) is 4.53. The number of ether oxygens (including phenoxy) is 1. The molecule has 1 fully saturated rings. The van der Waals surface area contributed by atoms with Gasteiger partial charge in [0.2, 0.25) is 11.8 Å². The first-order valence-corrected chi connectivity index (χ1v) is 13.6. The number of amides is 3. The van der Waals surface area contributed by atoms with Gasteiger partial charge in [-0.25, -0.2) is 4.79 Å². The molecule has 0 radical (unpaired) electrons. The van der Waals surface area contributed by atoms with E-state index in [1.165, 1.54) is 6.42 Å². The van der Waals surface area contributed by atoms with Gasteiger partial charge in [0.15, 0.2) is 0 Å². The number of hydrogen-bond acceptors (Lipinski definition) is 5. The van der Waals surface area contributed by atoms with Crippen molar-refractivity contribution in [2.75, 3.05) is 5.75 Å². The smallest absolute Gasteiger partial charge is 0.408 e. The Hall–Kier alpha value is -2.22. The highest BCUT2D eigenvalue weighted by molar-refractivity contribution is 7.80. The summed E-state index contributed by atoms with van der Waals surface area (Å²) in [5.41, 5.74) is 1.35. The van der Waals surface area contributed by atoms with Crippen LogP contribution < -0.4 is 10.6 Å². The molecule has 2 N–H and O–H groups in total. The molecule has 7 nitrogen and oxygen atoms in total. The van der Waals surface area contributed by atoms with E-state index in [1.807, 2.05) is 52.8 Å². The van der Waals surface area contributed by atoms with Gasteiger partial charge in [0.25, 0.3) is 0 Å². The minimum atomic E-state index is -0.960. The molecule has 2 rings (SSSR count). The van der Waals surface area contributed by atoms with E-state index in [0.717, 1.165) is 42.4 Å². The number of benzene rings is 1. The Labute approximate surface area is 222 Å². The molecular formula is C28H45N3O4S. The van der Waals surface area contributed by atoms with Crippen LogP contribution in [0.5, 0.6) is 0 Å². The highest BCUT2D eigenvalue weighted by Crippen LogP contribution is 2.33. The summed E-state index contributed by atoms with van der Waals surface area (Å²) in [7, 11) is 0. The van der Waals surface area contributed by atoms with Crippen LogP contribution in [0.1, 0.15) is 96.4 Å². The fraction of sp³-hybridized carbons (Fsp3) is 0.679. The normalized spacial score (nSPS) is 16.6. The number of nitrogens with zero attached hydrogens (tertiary/aromatic N) is 1. The van der Waals surface area contributed by atoms with Crippen molar-refractivity contribution in [3.05, 3.63) is 34.9 Å². The van der Waals surface area contributed by atoms with Crippen LogP contribution in [0.4, 0.5) is 4.79 Å². The lowest BCUT2D eigenvalue weighted by atomic mass is 9.91. The number of carbonyl (C=O) groups is 3. The number of carbonyl (C=O) groups excluding carboxylic acids is 3. The first-order valence-electron chi connectivity index (χ1n) is 12.9. The molecule has 36 heavy (non-hydrogen) atoms. The van der Waals surface area contributed by atoms with Gasteiger partial charge in [-0.05, 0) is 79.4 Å². The van der Waals surface area contributed by atoms with Gasteiger partial charge < -0.3 is 20.3 Å². The molecule has 8 heteroatoms. The highest BCUT2D eigenvalue weighted by Gasteiger charge is 2.42. The number of aryl methyl sites for hydroxylation is 2. The standard InChI is InChI=1S/C28H45N3O4S/c1-18-14-15-21(19(2)16-18)23(24(32)29-20-12-10-9-11-13-20)31(27(3,4)5)25(33)22(17-36)30-26(34)35-28(6,7)8/h14-16,20,22-23,36H,9-13,17H2,1-8H3,(H,29,32)(H,30,34). The molecule has 0 aliphatic heterocycles. The van der Waals surface area contributed by atoms with Crippen molar-refractivity contribution in [1.82, 2.24) is 15.5 Å². The largest absolute Gasteiger partial charge is 0.444 e. The van der Waals surface area contributed by atoms with E-state index >= 15 is 0 Å². The summed E-state index contributed by atoms with van der Waals surface area (Å²) in [6, 6.07) is 4.19. The van der Waals surface area contributed by atoms with E-state index in [9.17, 15) is 14.4 Å². The lowest BCUT2D eigenvalue weighted by Gasteiger charge is -2.43. The second-order valence-corrected chi connectivity index (χ2v) is 12.2. The maximum Gasteiger partial charge on any atom is 0.408 e. The molecule has 0 saturated heterocycles. The van der Waals surface area contributed by atoms with Crippen molar-refractivity contribution in [2.45, 2.75) is 117 Å². The Kier molecular flexibility index (Phi) is 10.3. The zero-order chi connectivity index (χ0) is 27.3. The van der Waals surface area contributed by atoms with Crippen LogP contribution in [0.25, 0.3) is 0 Å². The summed E-state index contributed by atoms with van der Waals surface area (Å²) in [4.78, 5) is 42.1. The summed E-state index contributed by atoms with van der Waals surface area (Å²) in [5, 5.41) is 5.90. The van der Waals surface area contributed by atoms with Crippen LogP contribution in [0.15, 0.2) is 18.2 Å². The second kappa shape index (κ2) is 12.3. The Morgan fingerprint density at radius 3 is 2.17 bits per heavy atom. The van der Waals surface area contributed by atoms with Gasteiger partial charge in [-0.2, -0.15) is 12.6 Å². The Balaban J connectivity index is 2.50. The van der Waals surface area contributed by atoms with Crippen LogP contribution in [0.3, 0.4) is 0 Å². The summed E-state index contributed by atoms with van der Waals surface area (Å²) in [5.74, 6) is -0.520. The molecule has 2 unspecified atom stereocenters. The fourth-order valence-corrected chi connectivity index (χ4v) is 4.95. The fourth-order valence-electron chi connectivity index (χ4n) is 4.71. The molecule has 0 aromatic heterocycles. The second-order valence-electron chi connectivity index (χ2n) is 11.9. The van der Waals surface area contributed by atoms with Crippen molar-refractivity contribution in [3.63, 3.8) is 0 Å². The molecule has 0 spiro atoms. The van der Waals surface area contributed by atoms with Crippen LogP contribution in [-0.4, -0.2) is 51.8 Å². The van der Waals surface area contributed by atoms with E-state index < -0.39 is 29.3 Å². The lowest BCUT2D eigenvalue weighted by molar-refractivity contribution is -0.148. The van der Waals surface area contributed by atoms with Crippen LogP contribution in [0, 0.1) is 13.8 Å². The third-order valence-corrected chi connectivity index (χ3v) is 6.67. The lowest BCUT2D eigenvalue weighted by Crippen LogP contribution is -2.59. The molecule has 1 aliphatic carbocycles. The van der Waals surface area contributed by atoms with Crippen LogP contribution >= 0.6 is 12.6 Å². The third kappa shape index (κ3) is 8.43. The quantitative estimate of drug-likeness (QED) is 0.430. The van der Waals surface area contributed by atoms with Crippen molar-refractivity contribution in [2.24, 2.45) is 0 Å². The molecular weight excluding hydrogens is 474 g/mol. The summed E-state index contributed by atoms with van der Waals surface area (Å²) in [6.45, 7) is 15.0. The van der Waals surface area contributed by atoms with Gasteiger partial charge in [-0.3, -0.25) is 9.59 Å². The van der Waals surface area contributed by atoms with Crippen molar-refractivity contribution < 1.29 is 19.1 Å². The average molecular weight is 520 g/mol. The summed E-state index contributed by atoms with van der Waals surface area (Å²) < 4.78 is 5.38. The molecule has 1 aliphatic rings. The van der Waals surface area contributed by atoms with Gasteiger partial charge in [-0.1, -0.05) is 43.0 Å².